The van der Waals surface area contributed by atoms with Crippen molar-refractivity contribution in [2.45, 2.75) is 26.4 Å². The molecule has 0 aromatic heterocycles. The second-order valence-electron chi connectivity index (χ2n) is 5.24. The van der Waals surface area contributed by atoms with Crippen molar-refractivity contribution in [3.05, 3.63) is 64.7 Å². The molecule has 1 unspecified atom stereocenters. The summed E-state index contributed by atoms with van der Waals surface area (Å²) >= 11 is 6.13. The average Bonchev–Trinajstić information content (AvgIpc) is 2.49. The van der Waals surface area contributed by atoms with Crippen LogP contribution in [0.4, 0.5) is 5.69 Å². The van der Waals surface area contributed by atoms with Gasteiger partial charge in [-0.05, 0) is 44.0 Å². The van der Waals surface area contributed by atoms with Gasteiger partial charge in [-0.1, -0.05) is 47.5 Å². The molecule has 1 N–H and O–H groups in total. The first-order valence-electron chi connectivity index (χ1n) is 7.36. The van der Waals surface area contributed by atoms with Crippen LogP contribution in [-0.4, -0.2) is 18.2 Å². The van der Waals surface area contributed by atoms with Crippen LogP contribution in [0, 0.1) is 6.92 Å². The monoisotopic (exact) mass is 303 g/mol. The largest absolute Gasteiger partial charge is 0.388 e. The van der Waals surface area contributed by atoms with Crippen molar-refractivity contribution in [1.29, 1.82) is 0 Å². The third-order valence-corrected chi connectivity index (χ3v) is 4.06. The smallest absolute Gasteiger partial charge is 0.0821 e. The van der Waals surface area contributed by atoms with E-state index in [1.165, 1.54) is 11.3 Å². The molecule has 2 aromatic carbocycles. The molecule has 21 heavy (non-hydrogen) atoms. The fraction of sp³-hybridized carbons (Fsp3) is 0.333. The number of aliphatic hydroxyl groups excluding tert-OH is 1. The molecule has 0 fully saturated rings. The third-order valence-electron chi connectivity index (χ3n) is 3.72. The Kier molecular flexibility index (Phi) is 5.66. The summed E-state index contributed by atoms with van der Waals surface area (Å²) in [6, 6.07) is 16.0. The molecule has 1 atom stereocenters. The fourth-order valence-electron chi connectivity index (χ4n) is 2.40. The molecule has 0 aliphatic heterocycles. The molecule has 0 spiro atoms. The lowest BCUT2D eigenvalue weighted by Gasteiger charge is -2.25. The Morgan fingerprint density at radius 2 is 1.76 bits per heavy atom. The number of hydrogen-bond donors (Lipinski definition) is 1. The van der Waals surface area contributed by atoms with E-state index in [9.17, 15) is 5.11 Å². The van der Waals surface area contributed by atoms with Crippen LogP contribution in [0.5, 0.6) is 0 Å². The summed E-state index contributed by atoms with van der Waals surface area (Å²) in [7, 11) is 0. The summed E-state index contributed by atoms with van der Waals surface area (Å²) in [5.41, 5.74) is 3.25. The Morgan fingerprint density at radius 1 is 1.10 bits per heavy atom. The Balaban J connectivity index is 2.00. The zero-order valence-electron chi connectivity index (χ0n) is 12.6. The predicted molar refractivity (Wildman–Crippen MR) is 90.1 cm³/mol. The minimum absolute atomic E-state index is 0.529. The highest BCUT2D eigenvalue weighted by molar-refractivity contribution is 6.31. The normalized spacial score (nSPS) is 12.2. The summed E-state index contributed by atoms with van der Waals surface area (Å²) < 4.78 is 0. The van der Waals surface area contributed by atoms with Crippen LogP contribution in [0.2, 0.25) is 5.02 Å². The van der Waals surface area contributed by atoms with Crippen molar-refractivity contribution in [2.75, 3.05) is 18.0 Å². The van der Waals surface area contributed by atoms with Gasteiger partial charge in [-0.25, -0.2) is 0 Å². The first kappa shape index (κ1) is 15.9. The maximum Gasteiger partial charge on any atom is 0.0821 e. The highest BCUT2D eigenvalue weighted by Crippen LogP contribution is 2.25. The molecule has 3 heteroatoms. The van der Waals surface area contributed by atoms with E-state index in [1.807, 2.05) is 24.3 Å². The van der Waals surface area contributed by atoms with Crippen LogP contribution in [0.1, 0.15) is 30.6 Å². The molecule has 0 aliphatic rings. The van der Waals surface area contributed by atoms with E-state index in [-0.39, 0.29) is 0 Å². The molecule has 0 heterocycles. The summed E-state index contributed by atoms with van der Waals surface area (Å²) in [6.07, 6.45) is 0.129. The van der Waals surface area contributed by atoms with Crippen molar-refractivity contribution in [3.8, 4) is 0 Å². The van der Waals surface area contributed by atoms with Gasteiger partial charge in [0.25, 0.3) is 0 Å². The van der Waals surface area contributed by atoms with E-state index >= 15 is 0 Å². The molecule has 0 amide bonds. The Labute approximate surface area is 132 Å². The van der Waals surface area contributed by atoms with Gasteiger partial charge in [0.15, 0.2) is 0 Å². The summed E-state index contributed by atoms with van der Waals surface area (Å²) in [5.74, 6) is 0. The van der Waals surface area contributed by atoms with Gasteiger partial charge in [-0.15, -0.1) is 0 Å². The summed E-state index contributed by atoms with van der Waals surface area (Å²) in [4.78, 5) is 2.26. The van der Waals surface area contributed by atoms with Gasteiger partial charge in [0, 0.05) is 23.8 Å². The number of rotatable bonds is 6. The van der Waals surface area contributed by atoms with Crippen LogP contribution in [0.25, 0.3) is 0 Å². The van der Waals surface area contributed by atoms with E-state index < -0.39 is 6.10 Å². The SMILES string of the molecule is CCN(CCC(O)c1ccccc1Cl)c1ccc(C)cc1. The number of nitrogens with zero attached hydrogens (tertiary/aromatic N) is 1. The van der Waals surface area contributed by atoms with Crippen molar-refractivity contribution in [2.24, 2.45) is 0 Å². The topological polar surface area (TPSA) is 23.5 Å². The lowest BCUT2D eigenvalue weighted by atomic mass is 10.1. The van der Waals surface area contributed by atoms with Gasteiger partial charge in [0.2, 0.25) is 0 Å². The van der Waals surface area contributed by atoms with Gasteiger partial charge in [-0.2, -0.15) is 0 Å². The number of aliphatic hydroxyl groups is 1. The number of benzene rings is 2. The molecule has 0 bridgehead atoms. The van der Waals surface area contributed by atoms with E-state index in [0.717, 1.165) is 18.7 Å². The minimum Gasteiger partial charge on any atom is -0.388 e. The number of anilines is 1. The van der Waals surface area contributed by atoms with Crippen LogP contribution >= 0.6 is 11.6 Å². The fourth-order valence-corrected chi connectivity index (χ4v) is 2.67. The maximum absolute atomic E-state index is 10.3. The molecule has 0 aliphatic carbocycles. The van der Waals surface area contributed by atoms with Gasteiger partial charge in [0.05, 0.1) is 6.10 Å². The van der Waals surface area contributed by atoms with Crippen LogP contribution in [0.15, 0.2) is 48.5 Å². The Bertz CT molecular complexity index is 568. The molecular weight excluding hydrogens is 282 g/mol. The van der Waals surface area contributed by atoms with Gasteiger partial charge < -0.3 is 10.0 Å². The zero-order chi connectivity index (χ0) is 15.2. The molecule has 0 saturated carbocycles. The van der Waals surface area contributed by atoms with Crippen LogP contribution < -0.4 is 4.90 Å². The van der Waals surface area contributed by atoms with Gasteiger partial charge in [-0.3, -0.25) is 0 Å². The second kappa shape index (κ2) is 7.48. The number of aryl methyl sites for hydroxylation is 1. The number of hydrogen-bond acceptors (Lipinski definition) is 2. The Hall–Kier alpha value is -1.51. The first-order chi connectivity index (χ1) is 10.1. The lowest BCUT2D eigenvalue weighted by molar-refractivity contribution is 0.169. The second-order valence-corrected chi connectivity index (χ2v) is 5.65. The van der Waals surface area contributed by atoms with Crippen LogP contribution in [0.3, 0.4) is 0 Å². The van der Waals surface area contributed by atoms with Crippen molar-refractivity contribution in [1.82, 2.24) is 0 Å². The average molecular weight is 304 g/mol. The Morgan fingerprint density at radius 3 is 2.38 bits per heavy atom. The molecule has 112 valence electrons. The predicted octanol–water partition coefficient (Wildman–Crippen LogP) is 4.60. The quantitative estimate of drug-likeness (QED) is 0.843. The minimum atomic E-state index is -0.529. The molecule has 2 nitrogen and oxygen atoms in total. The third kappa shape index (κ3) is 4.23. The number of halogens is 1. The van der Waals surface area contributed by atoms with Crippen molar-refractivity contribution in [3.63, 3.8) is 0 Å². The maximum atomic E-state index is 10.3. The van der Waals surface area contributed by atoms with Gasteiger partial charge >= 0.3 is 0 Å². The van der Waals surface area contributed by atoms with E-state index in [0.29, 0.717) is 11.4 Å². The molecular formula is C18H22ClNO. The van der Waals surface area contributed by atoms with Crippen LogP contribution in [-0.2, 0) is 0 Å². The molecule has 0 saturated heterocycles. The van der Waals surface area contributed by atoms with Crippen molar-refractivity contribution < 1.29 is 5.11 Å². The first-order valence-corrected chi connectivity index (χ1v) is 7.73. The van der Waals surface area contributed by atoms with Gasteiger partial charge in [0.1, 0.15) is 0 Å². The highest BCUT2D eigenvalue weighted by atomic mass is 35.5. The van der Waals surface area contributed by atoms with E-state index in [2.05, 4.69) is 43.0 Å². The zero-order valence-corrected chi connectivity index (χ0v) is 13.3. The molecule has 2 aromatic rings. The summed E-state index contributed by atoms with van der Waals surface area (Å²) in [6.45, 7) is 5.92. The van der Waals surface area contributed by atoms with E-state index in [4.69, 9.17) is 11.6 Å². The van der Waals surface area contributed by atoms with Crippen molar-refractivity contribution >= 4 is 17.3 Å². The highest BCUT2D eigenvalue weighted by Gasteiger charge is 2.13. The standard InChI is InChI=1S/C18H22ClNO/c1-3-20(15-10-8-14(2)9-11-15)13-12-18(21)16-6-4-5-7-17(16)19/h4-11,18,21H,3,12-13H2,1-2H3. The lowest BCUT2D eigenvalue weighted by Crippen LogP contribution is -2.25. The van der Waals surface area contributed by atoms with E-state index in [1.54, 1.807) is 0 Å². The summed E-state index contributed by atoms with van der Waals surface area (Å²) in [5, 5.41) is 11.0. The molecule has 2 rings (SSSR count). The molecule has 0 radical (unpaired) electrons.